The summed E-state index contributed by atoms with van der Waals surface area (Å²) in [5.74, 6) is -2.02. The number of ketones is 1. The molecule has 0 N–H and O–H groups in total. The number of anilines is 1. The number of benzene rings is 1. The van der Waals surface area contributed by atoms with E-state index in [1.54, 1.807) is 12.4 Å². The van der Waals surface area contributed by atoms with E-state index in [0.29, 0.717) is 0 Å². The molecule has 1 aromatic carbocycles. The van der Waals surface area contributed by atoms with Crippen LogP contribution in [0.25, 0.3) is 0 Å². The molecule has 0 radical (unpaired) electrons. The van der Waals surface area contributed by atoms with E-state index in [-0.39, 0.29) is 22.8 Å². The smallest absolute Gasteiger partial charge is 0.299 e. The van der Waals surface area contributed by atoms with Crippen LogP contribution in [0.4, 0.5) is 10.1 Å². The monoisotopic (exact) mass is 304 g/mol. The van der Waals surface area contributed by atoms with Crippen molar-refractivity contribution in [3.8, 4) is 0 Å². The highest BCUT2D eigenvalue weighted by Crippen LogP contribution is 2.34. The minimum Gasteiger partial charge on any atom is -0.300 e. The van der Waals surface area contributed by atoms with E-state index in [2.05, 4.69) is 4.98 Å². The molecule has 0 spiro atoms. The molecule has 0 saturated carbocycles. The quantitative estimate of drug-likeness (QED) is 0.802. The summed E-state index contributed by atoms with van der Waals surface area (Å²) in [5.41, 5.74) is 2.08. The predicted molar refractivity (Wildman–Crippen MR) is 75.9 cm³/mol. The topological polar surface area (TPSA) is 50.3 Å². The van der Waals surface area contributed by atoms with E-state index in [9.17, 15) is 14.0 Å². The second-order valence-electron chi connectivity index (χ2n) is 4.87. The Morgan fingerprint density at radius 2 is 2.00 bits per heavy atom. The van der Waals surface area contributed by atoms with E-state index in [0.717, 1.165) is 17.2 Å². The molecule has 106 valence electrons. The zero-order valence-corrected chi connectivity index (χ0v) is 11.8. The molecule has 1 aromatic heterocycles. The second-order valence-corrected chi connectivity index (χ2v) is 5.28. The lowest BCUT2D eigenvalue weighted by Gasteiger charge is -2.16. The summed E-state index contributed by atoms with van der Waals surface area (Å²) in [5, 5.41) is -0.172. The SMILES string of the molecule is Cc1cncc(CN2C(=O)C(=O)c3cc(Cl)c(F)cc32)c1. The number of aryl methyl sites for hydroxylation is 1. The van der Waals surface area contributed by atoms with Gasteiger partial charge in [-0.25, -0.2) is 4.39 Å². The van der Waals surface area contributed by atoms with Gasteiger partial charge in [0.2, 0.25) is 0 Å². The third kappa shape index (κ3) is 2.29. The van der Waals surface area contributed by atoms with E-state index < -0.39 is 17.5 Å². The number of carbonyl (C=O) groups is 2. The van der Waals surface area contributed by atoms with Gasteiger partial charge in [-0.2, -0.15) is 0 Å². The molecular weight excluding hydrogens is 295 g/mol. The van der Waals surface area contributed by atoms with E-state index >= 15 is 0 Å². The van der Waals surface area contributed by atoms with Gasteiger partial charge in [0.15, 0.2) is 0 Å². The summed E-state index contributed by atoms with van der Waals surface area (Å²) in [4.78, 5) is 29.3. The van der Waals surface area contributed by atoms with Gasteiger partial charge in [-0.15, -0.1) is 0 Å². The number of amides is 1. The van der Waals surface area contributed by atoms with Crippen molar-refractivity contribution in [1.29, 1.82) is 0 Å². The number of hydrogen-bond donors (Lipinski definition) is 0. The Balaban J connectivity index is 2.03. The fourth-order valence-corrected chi connectivity index (χ4v) is 2.50. The number of hydrogen-bond acceptors (Lipinski definition) is 3. The van der Waals surface area contributed by atoms with Gasteiger partial charge < -0.3 is 4.90 Å². The number of rotatable bonds is 2. The zero-order valence-electron chi connectivity index (χ0n) is 11.1. The van der Waals surface area contributed by atoms with Gasteiger partial charge in [-0.3, -0.25) is 14.6 Å². The van der Waals surface area contributed by atoms with E-state index in [4.69, 9.17) is 11.6 Å². The molecule has 0 aliphatic carbocycles. The largest absolute Gasteiger partial charge is 0.300 e. The van der Waals surface area contributed by atoms with Gasteiger partial charge in [-0.1, -0.05) is 17.7 Å². The van der Waals surface area contributed by atoms with Gasteiger partial charge in [0.05, 0.1) is 22.8 Å². The Labute approximate surface area is 125 Å². The van der Waals surface area contributed by atoms with E-state index in [1.807, 2.05) is 13.0 Å². The average molecular weight is 305 g/mol. The molecule has 0 unspecified atom stereocenters. The molecule has 1 aliphatic heterocycles. The maximum absolute atomic E-state index is 13.6. The summed E-state index contributed by atoms with van der Waals surface area (Å²) in [7, 11) is 0. The fraction of sp³-hybridized carbons (Fsp3) is 0.133. The molecule has 1 amide bonds. The van der Waals surface area contributed by atoms with Crippen LogP contribution in [0.5, 0.6) is 0 Å². The maximum Gasteiger partial charge on any atom is 0.299 e. The van der Waals surface area contributed by atoms with Crippen molar-refractivity contribution in [3.05, 3.63) is 58.1 Å². The van der Waals surface area contributed by atoms with Gasteiger partial charge in [0.1, 0.15) is 5.82 Å². The number of fused-ring (bicyclic) bond motifs is 1. The second kappa shape index (κ2) is 4.93. The summed E-state index contributed by atoms with van der Waals surface area (Å²) in [6.07, 6.45) is 3.29. The van der Waals surface area contributed by atoms with Crippen LogP contribution in [-0.4, -0.2) is 16.7 Å². The first kappa shape index (κ1) is 13.7. The minimum absolute atomic E-state index is 0.131. The number of carbonyl (C=O) groups excluding carboxylic acids is 2. The van der Waals surface area contributed by atoms with Crippen molar-refractivity contribution in [2.45, 2.75) is 13.5 Å². The normalized spacial score (nSPS) is 13.8. The third-order valence-corrected chi connectivity index (χ3v) is 3.58. The fourth-order valence-electron chi connectivity index (χ4n) is 2.33. The molecule has 6 heteroatoms. The van der Waals surface area contributed by atoms with Crippen molar-refractivity contribution in [3.63, 3.8) is 0 Å². The van der Waals surface area contributed by atoms with Crippen LogP contribution in [0.15, 0.2) is 30.6 Å². The number of Topliss-reactive ketones (excluding diaryl/α,β-unsaturated/α-hetero) is 1. The van der Waals surface area contributed by atoms with Gasteiger partial charge in [0, 0.05) is 12.4 Å². The Kier molecular flexibility index (Phi) is 3.22. The lowest BCUT2D eigenvalue weighted by Crippen LogP contribution is -2.29. The molecule has 2 heterocycles. The Morgan fingerprint density at radius 1 is 1.24 bits per heavy atom. The first-order valence-corrected chi connectivity index (χ1v) is 6.61. The molecule has 0 saturated heterocycles. The van der Waals surface area contributed by atoms with Crippen LogP contribution in [0.3, 0.4) is 0 Å². The highest BCUT2D eigenvalue weighted by Gasteiger charge is 2.36. The summed E-state index contributed by atoms with van der Waals surface area (Å²) < 4.78 is 13.6. The summed E-state index contributed by atoms with van der Waals surface area (Å²) in [6.45, 7) is 2.04. The number of pyridine rings is 1. The Hall–Kier alpha value is -2.27. The Morgan fingerprint density at radius 3 is 2.71 bits per heavy atom. The molecule has 2 aromatic rings. The van der Waals surface area contributed by atoms with Crippen LogP contribution in [0, 0.1) is 12.7 Å². The van der Waals surface area contributed by atoms with Crippen molar-refractivity contribution in [2.24, 2.45) is 0 Å². The summed E-state index contributed by atoms with van der Waals surface area (Å²) in [6, 6.07) is 4.17. The number of nitrogens with zero attached hydrogens (tertiary/aromatic N) is 2. The standard InChI is InChI=1S/C15H10ClFN2O2/c1-8-2-9(6-18-5-8)7-19-13-4-12(17)11(16)3-10(13)14(20)15(19)21/h2-6H,7H2,1H3. The zero-order chi connectivity index (χ0) is 15.1. The molecule has 1 aliphatic rings. The highest BCUT2D eigenvalue weighted by molar-refractivity contribution is 6.52. The van der Waals surface area contributed by atoms with E-state index in [1.165, 1.54) is 11.0 Å². The van der Waals surface area contributed by atoms with Crippen LogP contribution in [-0.2, 0) is 11.3 Å². The predicted octanol–water partition coefficient (Wildman–Crippen LogP) is 2.91. The van der Waals surface area contributed by atoms with Crippen LogP contribution < -0.4 is 4.90 Å². The molecule has 0 fully saturated rings. The van der Waals surface area contributed by atoms with Crippen LogP contribution >= 0.6 is 11.6 Å². The Bertz CT molecular complexity index is 776. The summed E-state index contributed by atoms with van der Waals surface area (Å²) >= 11 is 5.67. The highest BCUT2D eigenvalue weighted by atomic mass is 35.5. The molecule has 3 rings (SSSR count). The first-order chi connectivity index (χ1) is 9.97. The van der Waals surface area contributed by atoms with Gasteiger partial charge in [0.25, 0.3) is 11.7 Å². The average Bonchev–Trinajstić information content (AvgIpc) is 2.65. The number of halogens is 2. The van der Waals surface area contributed by atoms with Crippen LogP contribution in [0.1, 0.15) is 21.5 Å². The van der Waals surface area contributed by atoms with Crippen molar-refractivity contribution in [2.75, 3.05) is 4.90 Å². The molecule has 4 nitrogen and oxygen atoms in total. The lowest BCUT2D eigenvalue weighted by molar-refractivity contribution is -0.114. The third-order valence-electron chi connectivity index (χ3n) is 3.29. The minimum atomic E-state index is -0.687. The molecular formula is C15H10ClFN2O2. The lowest BCUT2D eigenvalue weighted by atomic mass is 10.1. The van der Waals surface area contributed by atoms with Gasteiger partial charge in [-0.05, 0) is 30.2 Å². The van der Waals surface area contributed by atoms with Crippen molar-refractivity contribution >= 4 is 29.0 Å². The van der Waals surface area contributed by atoms with Crippen molar-refractivity contribution in [1.82, 2.24) is 4.98 Å². The molecule has 0 bridgehead atoms. The van der Waals surface area contributed by atoms with Gasteiger partial charge >= 0.3 is 0 Å². The molecule has 0 atom stereocenters. The first-order valence-electron chi connectivity index (χ1n) is 6.23. The van der Waals surface area contributed by atoms with Crippen LogP contribution in [0.2, 0.25) is 5.02 Å². The maximum atomic E-state index is 13.6. The number of aromatic nitrogens is 1. The molecule has 21 heavy (non-hydrogen) atoms. The van der Waals surface area contributed by atoms with Crippen molar-refractivity contribution < 1.29 is 14.0 Å².